The smallest absolute Gasteiger partial charge is 0.119 e. The highest BCUT2D eigenvalue weighted by atomic mass is 16.5. The van der Waals surface area contributed by atoms with Crippen LogP contribution in [0.2, 0.25) is 0 Å². The minimum absolute atomic E-state index is 0.271. The number of rotatable bonds is 8. The molecule has 0 heterocycles. The highest BCUT2D eigenvalue weighted by Crippen LogP contribution is 2.33. The third-order valence-electron chi connectivity index (χ3n) is 4.44. The summed E-state index contributed by atoms with van der Waals surface area (Å²) in [6.07, 6.45) is 5.06. The van der Waals surface area contributed by atoms with Crippen molar-refractivity contribution in [3.63, 3.8) is 0 Å². The maximum absolute atomic E-state index is 5.53. The Balaban J connectivity index is 2.11. The molecule has 1 aromatic carbocycles. The lowest BCUT2D eigenvalue weighted by molar-refractivity contribution is 0.338. The first kappa shape index (κ1) is 14.4. The average Bonchev–Trinajstić information content (AvgIpc) is 3.27. The molecule has 0 bridgehead atoms. The van der Waals surface area contributed by atoms with Crippen LogP contribution < -0.4 is 10.1 Å². The summed E-state index contributed by atoms with van der Waals surface area (Å²) in [5.41, 5.74) is 1.71. The van der Waals surface area contributed by atoms with Gasteiger partial charge in [-0.1, -0.05) is 26.0 Å². The van der Waals surface area contributed by atoms with Gasteiger partial charge in [0.15, 0.2) is 0 Å². The molecule has 0 saturated heterocycles. The molecule has 1 saturated carbocycles. The first-order valence-electron chi connectivity index (χ1n) is 7.70. The molecule has 106 valence electrons. The molecular formula is C17H27NO. The van der Waals surface area contributed by atoms with E-state index in [2.05, 4.69) is 43.4 Å². The first-order chi connectivity index (χ1) is 9.24. The Bertz CT molecular complexity index is 377. The van der Waals surface area contributed by atoms with Crippen molar-refractivity contribution in [2.45, 2.75) is 57.9 Å². The van der Waals surface area contributed by atoms with Gasteiger partial charge in [0.05, 0.1) is 6.61 Å². The van der Waals surface area contributed by atoms with Crippen molar-refractivity contribution in [3.8, 4) is 5.75 Å². The number of ether oxygens (including phenoxy) is 1. The molecule has 19 heavy (non-hydrogen) atoms. The zero-order valence-electron chi connectivity index (χ0n) is 12.5. The predicted octanol–water partition coefficient (Wildman–Crippen LogP) is 3.90. The largest absolute Gasteiger partial charge is 0.494 e. The molecule has 0 amide bonds. The van der Waals surface area contributed by atoms with E-state index < -0.39 is 0 Å². The lowest BCUT2D eigenvalue weighted by Crippen LogP contribution is -2.38. The van der Waals surface area contributed by atoms with Gasteiger partial charge in [0.1, 0.15) is 5.75 Å². The normalized spacial score (nSPS) is 15.5. The van der Waals surface area contributed by atoms with Crippen LogP contribution in [-0.2, 0) is 5.41 Å². The number of benzene rings is 1. The maximum atomic E-state index is 5.53. The lowest BCUT2D eigenvalue weighted by Gasteiger charge is -2.33. The van der Waals surface area contributed by atoms with Gasteiger partial charge in [-0.05, 0) is 50.3 Å². The van der Waals surface area contributed by atoms with Gasteiger partial charge < -0.3 is 10.1 Å². The summed E-state index contributed by atoms with van der Waals surface area (Å²) in [6.45, 7) is 8.45. The van der Waals surface area contributed by atoms with Gasteiger partial charge >= 0.3 is 0 Å². The van der Waals surface area contributed by atoms with Crippen molar-refractivity contribution < 1.29 is 4.74 Å². The van der Waals surface area contributed by atoms with Crippen molar-refractivity contribution in [2.24, 2.45) is 0 Å². The molecule has 0 spiro atoms. The third kappa shape index (κ3) is 3.50. The molecule has 1 N–H and O–H groups in total. The van der Waals surface area contributed by atoms with Crippen molar-refractivity contribution in [3.05, 3.63) is 29.8 Å². The Morgan fingerprint density at radius 2 is 1.74 bits per heavy atom. The van der Waals surface area contributed by atoms with E-state index in [1.165, 1.54) is 31.2 Å². The van der Waals surface area contributed by atoms with Gasteiger partial charge in [0.25, 0.3) is 0 Å². The van der Waals surface area contributed by atoms with E-state index >= 15 is 0 Å². The summed E-state index contributed by atoms with van der Waals surface area (Å²) >= 11 is 0. The van der Waals surface area contributed by atoms with E-state index in [0.29, 0.717) is 0 Å². The molecule has 0 aromatic heterocycles. The molecule has 0 radical (unpaired) electrons. The molecule has 2 rings (SSSR count). The van der Waals surface area contributed by atoms with Crippen molar-refractivity contribution in [2.75, 3.05) is 13.2 Å². The second-order valence-electron chi connectivity index (χ2n) is 5.60. The Morgan fingerprint density at radius 1 is 1.11 bits per heavy atom. The summed E-state index contributed by atoms with van der Waals surface area (Å²) in [5, 5.41) is 3.71. The maximum Gasteiger partial charge on any atom is 0.119 e. The molecule has 1 aliphatic carbocycles. The first-order valence-corrected chi connectivity index (χ1v) is 7.70. The molecule has 1 fully saturated rings. The Morgan fingerprint density at radius 3 is 2.21 bits per heavy atom. The SMILES string of the molecule is CCOc1ccc(C(CC)(CC)CNC2CC2)cc1. The van der Waals surface area contributed by atoms with E-state index in [9.17, 15) is 0 Å². The van der Waals surface area contributed by atoms with Crippen LogP contribution in [0.15, 0.2) is 24.3 Å². The fourth-order valence-electron chi connectivity index (χ4n) is 2.71. The molecule has 2 heteroatoms. The molecule has 1 aliphatic rings. The minimum Gasteiger partial charge on any atom is -0.494 e. The van der Waals surface area contributed by atoms with Crippen LogP contribution in [0.4, 0.5) is 0 Å². The second-order valence-corrected chi connectivity index (χ2v) is 5.60. The van der Waals surface area contributed by atoms with Gasteiger partial charge in [-0.25, -0.2) is 0 Å². The monoisotopic (exact) mass is 261 g/mol. The molecule has 1 aromatic rings. The van der Waals surface area contributed by atoms with Crippen LogP contribution in [-0.4, -0.2) is 19.2 Å². The number of hydrogen-bond donors (Lipinski definition) is 1. The van der Waals surface area contributed by atoms with Gasteiger partial charge in [0.2, 0.25) is 0 Å². The number of nitrogens with one attached hydrogen (secondary N) is 1. The van der Waals surface area contributed by atoms with Crippen molar-refractivity contribution in [1.29, 1.82) is 0 Å². The summed E-state index contributed by atoms with van der Waals surface area (Å²) in [6, 6.07) is 9.48. The standard InChI is InChI=1S/C17H27NO/c1-4-17(5-2,13-18-15-9-10-15)14-7-11-16(12-8-14)19-6-3/h7-8,11-12,15,18H,4-6,9-10,13H2,1-3H3. The summed E-state index contributed by atoms with van der Waals surface area (Å²) in [4.78, 5) is 0. The Kier molecular flexibility index (Phi) is 4.87. The quantitative estimate of drug-likeness (QED) is 0.766. The summed E-state index contributed by atoms with van der Waals surface area (Å²) in [7, 11) is 0. The highest BCUT2D eigenvalue weighted by molar-refractivity contribution is 5.33. The molecule has 2 nitrogen and oxygen atoms in total. The average molecular weight is 261 g/mol. The van der Waals surface area contributed by atoms with Gasteiger partial charge in [-0.15, -0.1) is 0 Å². The lowest BCUT2D eigenvalue weighted by atomic mass is 9.75. The molecule has 0 atom stereocenters. The summed E-state index contributed by atoms with van der Waals surface area (Å²) < 4.78 is 5.53. The highest BCUT2D eigenvalue weighted by Gasteiger charge is 2.31. The molecule has 0 unspecified atom stereocenters. The van der Waals surface area contributed by atoms with Crippen LogP contribution in [0, 0.1) is 0 Å². The van der Waals surface area contributed by atoms with Crippen LogP contribution in [0.5, 0.6) is 5.75 Å². The van der Waals surface area contributed by atoms with Gasteiger partial charge in [-0.3, -0.25) is 0 Å². The minimum atomic E-state index is 0.271. The topological polar surface area (TPSA) is 21.3 Å². The van der Waals surface area contributed by atoms with E-state index in [0.717, 1.165) is 24.9 Å². The van der Waals surface area contributed by atoms with E-state index in [-0.39, 0.29) is 5.41 Å². The summed E-state index contributed by atoms with van der Waals surface area (Å²) in [5.74, 6) is 0.975. The zero-order valence-corrected chi connectivity index (χ0v) is 12.5. The Labute approximate surface area is 117 Å². The van der Waals surface area contributed by atoms with Crippen LogP contribution in [0.1, 0.15) is 52.0 Å². The fourth-order valence-corrected chi connectivity index (χ4v) is 2.71. The zero-order chi connectivity index (χ0) is 13.7. The van der Waals surface area contributed by atoms with E-state index in [4.69, 9.17) is 4.74 Å². The Hall–Kier alpha value is -1.02. The van der Waals surface area contributed by atoms with Gasteiger partial charge in [-0.2, -0.15) is 0 Å². The molecular weight excluding hydrogens is 234 g/mol. The van der Waals surface area contributed by atoms with Crippen molar-refractivity contribution >= 4 is 0 Å². The second kappa shape index (κ2) is 6.42. The fraction of sp³-hybridized carbons (Fsp3) is 0.647. The van der Waals surface area contributed by atoms with Gasteiger partial charge in [0, 0.05) is 18.0 Å². The molecule has 0 aliphatic heterocycles. The van der Waals surface area contributed by atoms with Crippen LogP contribution in [0.3, 0.4) is 0 Å². The third-order valence-corrected chi connectivity index (χ3v) is 4.44. The number of hydrogen-bond acceptors (Lipinski definition) is 2. The van der Waals surface area contributed by atoms with E-state index in [1.54, 1.807) is 0 Å². The van der Waals surface area contributed by atoms with Crippen LogP contribution >= 0.6 is 0 Å². The van der Waals surface area contributed by atoms with Crippen LogP contribution in [0.25, 0.3) is 0 Å². The predicted molar refractivity (Wildman–Crippen MR) is 80.9 cm³/mol. The van der Waals surface area contributed by atoms with Crippen molar-refractivity contribution in [1.82, 2.24) is 5.32 Å². The van der Waals surface area contributed by atoms with E-state index in [1.807, 2.05) is 6.92 Å².